The van der Waals surface area contributed by atoms with Crippen LogP contribution in [-0.4, -0.2) is 21.7 Å². The maximum absolute atomic E-state index is 13.4. The van der Waals surface area contributed by atoms with Gasteiger partial charge in [0.2, 0.25) is 0 Å². The van der Waals surface area contributed by atoms with E-state index in [1.165, 1.54) is 17.9 Å². The van der Waals surface area contributed by atoms with Crippen LogP contribution in [0.25, 0.3) is 0 Å². The third-order valence-electron chi connectivity index (χ3n) is 5.26. The Kier molecular flexibility index (Phi) is 5.49. The minimum atomic E-state index is -1.72. The fourth-order valence-corrected chi connectivity index (χ4v) is 4.62. The molecule has 3 aromatic rings. The number of nitrogens with zero attached hydrogens (tertiary/aromatic N) is 1. The van der Waals surface area contributed by atoms with Gasteiger partial charge in [0.25, 0.3) is 5.91 Å². The largest absolute Gasteiger partial charge is 0.363 e. The average Bonchev–Trinajstić information content (AvgIpc) is 2.92. The van der Waals surface area contributed by atoms with E-state index < -0.39 is 5.72 Å². The summed E-state index contributed by atoms with van der Waals surface area (Å²) in [5, 5.41) is 13.0. The monoisotopic (exact) mass is 503 g/mol. The normalized spacial score (nSPS) is 17.9. The van der Waals surface area contributed by atoms with Crippen LogP contribution in [0.5, 0.6) is 0 Å². The number of carbonyl (C=O) groups excluding carboxylic acids is 2. The van der Waals surface area contributed by atoms with Crippen LogP contribution in [0.15, 0.2) is 65.1 Å². The molecule has 0 aliphatic carbocycles. The summed E-state index contributed by atoms with van der Waals surface area (Å²) in [4.78, 5) is 26.6. The Morgan fingerprint density at radius 3 is 2.33 bits per heavy atom. The lowest BCUT2D eigenvalue weighted by Gasteiger charge is -2.35. The summed E-state index contributed by atoms with van der Waals surface area (Å²) in [7, 11) is 0. The molecule has 4 rings (SSSR count). The molecule has 0 aromatic heterocycles. The first-order valence-corrected chi connectivity index (χ1v) is 10.7. The zero-order valence-electron chi connectivity index (χ0n) is 15.8. The van der Waals surface area contributed by atoms with Crippen LogP contribution in [0.1, 0.15) is 44.3 Å². The molecule has 1 heterocycles. The van der Waals surface area contributed by atoms with E-state index in [2.05, 4.69) is 15.9 Å². The summed E-state index contributed by atoms with van der Waals surface area (Å²) < 4.78 is 0.724. The number of aliphatic hydroxyl groups is 1. The first-order chi connectivity index (χ1) is 14.2. The van der Waals surface area contributed by atoms with Gasteiger partial charge in [-0.2, -0.15) is 0 Å². The Hall–Kier alpha value is -2.18. The lowest BCUT2D eigenvalue weighted by molar-refractivity contribution is -0.0543. The Bertz CT molecular complexity index is 1180. The second-order valence-electron chi connectivity index (χ2n) is 7.12. The molecule has 1 aliphatic heterocycles. The Balaban J connectivity index is 1.89. The van der Waals surface area contributed by atoms with Crippen molar-refractivity contribution in [3.63, 3.8) is 0 Å². The maximum Gasteiger partial charge on any atom is 0.257 e. The molecule has 0 fully saturated rings. The van der Waals surface area contributed by atoms with E-state index in [4.69, 9.17) is 23.2 Å². The number of hydrogen-bond acceptors (Lipinski definition) is 3. The SMILES string of the molecule is CC(=O)c1ccc2c(c1)C(=O)N(Cc1ccc(Cl)cc1Br)C2(O)c1ccc(Cl)cc1. The van der Waals surface area contributed by atoms with E-state index >= 15 is 0 Å². The number of amides is 1. The minimum Gasteiger partial charge on any atom is -0.363 e. The topological polar surface area (TPSA) is 57.6 Å². The highest BCUT2D eigenvalue weighted by Crippen LogP contribution is 2.44. The quantitative estimate of drug-likeness (QED) is 0.456. The molecule has 0 saturated carbocycles. The van der Waals surface area contributed by atoms with Crippen LogP contribution >= 0.6 is 39.1 Å². The zero-order valence-corrected chi connectivity index (χ0v) is 18.9. The lowest BCUT2D eigenvalue weighted by atomic mass is 9.92. The fourth-order valence-electron chi connectivity index (χ4n) is 3.68. The van der Waals surface area contributed by atoms with E-state index in [1.54, 1.807) is 54.6 Å². The Morgan fingerprint density at radius 1 is 1.03 bits per heavy atom. The summed E-state index contributed by atoms with van der Waals surface area (Å²) in [6, 6.07) is 16.8. The van der Waals surface area contributed by atoms with Gasteiger partial charge in [-0.25, -0.2) is 0 Å². The van der Waals surface area contributed by atoms with Gasteiger partial charge in [0.1, 0.15) is 0 Å². The molecule has 1 N–H and O–H groups in total. The van der Waals surface area contributed by atoms with Gasteiger partial charge in [-0.1, -0.05) is 69.5 Å². The predicted octanol–water partition coefficient (Wildman–Crippen LogP) is 5.81. The van der Waals surface area contributed by atoms with Gasteiger partial charge in [-0.15, -0.1) is 0 Å². The number of hydrogen-bond donors (Lipinski definition) is 1. The molecule has 1 aliphatic rings. The number of halogens is 3. The molecule has 0 saturated heterocycles. The first-order valence-electron chi connectivity index (χ1n) is 9.11. The number of carbonyl (C=O) groups is 2. The van der Waals surface area contributed by atoms with Crippen molar-refractivity contribution in [3.8, 4) is 0 Å². The maximum atomic E-state index is 13.4. The van der Waals surface area contributed by atoms with Crippen molar-refractivity contribution >= 4 is 50.8 Å². The molecule has 1 atom stereocenters. The van der Waals surface area contributed by atoms with Crippen LogP contribution in [0.4, 0.5) is 0 Å². The molecule has 152 valence electrons. The molecule has 3 aromatic carbocycles. The van der Waals surface area contributed by atoms with Crippen LogP contribution in [0, 0.1) is 0 Å². The zero-order chi connectivity index (χ0) is 21.6. The van der Waals surface area contributed by atoms with Gasteiger partial charge < -0.3 is 5.11 Å². The van der Waals surface area contributed by atoms with Gasteiger partial charge in [-0.05, 0) is 42.8 Å². The molecule has 30 heavy (non-hydrogen) atoms. The highest BCUT2D eigenvalue weighted by Gasteiger charge is 2.50. The summed E-state index contributed by atoms with van der Waals surface area (Å²) in [6.45, 7) is 1.56. The second-order valence-corrected chi connectivity index (χ2v) is 8.85. The summed E-state index contributed by atoms with van der Waals surface area (Å²) >= 11 is 15.6. The van der Waals surface area contributed by atoms with Crippen molar-refractivity contribution in [3.05, 3.63) is 103 Å². The molecule has 1 unspecified atom stereocenters. The van der Waals surface area contributed by atoms with Gasteiger partial charge in [0.05, 0.1) is 6.54 Å². The van der Waals surface area contributed by atoms with Crippen molar-refractivity contribution in [2.75, 3.05) is 0 Å². The Labute approximate surface area is 192 Å². The smallest absolute Gasteiger partial charge is 0.257 e. The average molecular weight is 505 g/mol. The fraction of sp³-hybridized carbons (Fsp3) is 0.130. The molecular formula is C23H16BrCl2NO3. The highest BCUT2D eigenvalue weighted by atomic mass is 79.9. The molecule has 4 nitrogen and oxygen atoms in total. The van der Waals surface area contributed by atoms with E-state index in [-0.39, 0.29) is 18.2 Å². The van der Waals surface area contributed by atoms with E-state index in [1.807, 2.05) is 0 Å². The van der Waals surface area contributed by atoms with Crippen LogP contribution in [0.2, 0.25) is 10.0 Å². The molecular weight excluding hydrogens is 489 g/mol. The minimum absolute atomic E-state index is 0.125. The first kappa shape index (κ1) is 21.1. The predicted molar refractivity (Wildman–Crippen MR) is 120 cm³/mol. The van der Waals surface area contributed by atoms with Gasteiger partial charge in [0.15, 0.2) is 11.5 Å². The molecule has 1 amide bonds. The number of ketones is 1. The summed E-state index contributed by atoms with van der Waals surface area (Å²) in [6.07, 6.45) is 0. The van der Waals surface area contributed by atoms with E-state index in [0.717, 1.165) is 10.0 Å². The van der Waals surface area contributed by atoms with Gasteiger partial charge in [0, 0.05) is 36.8 Å². The third-order valence-corrected chi connectivity index (χ3v) is 6.48. The third kappa shape index (κ3) is 3.46. The molecule has 7 heteroatoms. The Morgan fingerprint density at radius 2 is 1.70 bits per heavy atom. The molecule has 0 spiro atoms. The second kappa shape index (κ2) is 7.82. The summed E-state index contributed by atoms with van der Waals surface area (Å²) in [5.74, 6) is -0.521. The lowest BCUT2D eigenvalue weighted by Crippen LogP contribution is -2.44. The standard InChI is InChI=1S/C23H16BrCl2NO3/c1-13(28)14-3-9-20-19(10-14)22(29)27(12-15-2-6-18(26)11-21(15)24)23(20,30)16-4-7-17(25)8-5-16/h2-11,30H,12H2,1H3. The molecule has 0 radical (unpaired) electrons. The van der Waals surface area contributed by atoms with Gasteiger partial charge >= 0.3 is 0 Å². The molecule has 0 bridgehead atoms. The van der Waals surface area contributed by atoms with Crippen molar-refractivity contribution in [1.82, 2.24) is 4.90 Å². The number of fused-ring (bicyclic) bond motifs is 1. The van der Waals surface area contributed by atoms with Crippen LogP contribution < -0.4 is 0 Å². The van der Waals surface area contributed by atoms with Crippen molar-refractivity contribution in [2.45, 2.75) is 19.2 Å². The van der Waals surface area contributed by atoms with E-state index in [9.17, 15) is 14.7 Å². The highest BCUT2D eigenvalue weighted by molar-refractivity contribution is 9.10. The number of rotatable bonds is 4. The van der Waals surface area contributed by atoms with Gasteiger partial charge in [-0.3, -0.25) is 14.5 Å². The van der Waals surface area contributed by atoms with Crippen LogP contribution in [0.3, 0.4) is 0 Å². The van der Waals surface area contributed by atoms with Crippen LogP contribution in [-0.2, 0) is 12.3 Å². The summed E-state index contributed by atoms with van der Waals surface area (Å²) in [5.41, 5.74) is 0.690. The van der Waals surface area contributed by atoms with Crippen molar-refractivity contribution < 1.29 is 14.7 Å². The number of benzene rings is 3. The number of Topliss-reactive ketones (excluding diaryl/α,β-unsaturated/α-hetero) is 1. The van der Waals surface area contributed by atoms with E-state index in [0.29, 0.717) is 32.3 Å². The van der Waals surface area contributed by atoms with Crippen molar-refractivity contribution in [2.24, 2.45) is 0 Å². The van der Waals surface area contributed by atoms with Crippen molar-refractivity contribution in [1.29, 1.82) is 0 Å².